The van der Waals surface area contributed by atoms with Crippen molar-refractivity contribution in [3.63, 3.8) is 0 Å². The summed E-state index contributed by atoms with van der Waals surface area (Å²) in [7, 11) is 0. The number of fused-ring (bicyclic) bond motifs is 3. The van der Waals surface area contributed by atoms with E-state index in [-0.39, 0.29) is 29.8 Å². The molecule has 0 spiro atoms. The number of β-amino-alcohol motifs (C(OH)–C–C–N with tert-alkyl or cyclic N) is 1. The van der Waals surface area contributed by atoms with Crippen molar-refractivity contribution in [1.82, 2.24) is 10.2 Å². The number of aryl methyl sites for hydroxylation is 1. The highest BCUT2D eigenvalue weighted by Crippen LogP contribution is 2.52. The summed E-state index contributed by atoms with van der Waals surface area (Å²) in [6.45, 7) is 4.17. The summed E-state index contributed by atoms with van der Waals surface area (Å²) in [4.78, 5) is 14.7. The van der Waals surface area contributed by atoms with Crippen LogP contribution >= 0.6 is 0 Å². The molecule has 1 heterocycles. The predicted molar refractivity (Wildman–Crippen MR) is 126 cm³/mol. The molecule has 2 bridgehead atoms. The van der Waals surface area contributed by atoms with Gasteiger partial charge >= 0.3 is 0 Å². The Kier molecular flexibility index (Phi) is 7.18. The second kappa shape index (κ2) is 9.92. The van der Waals surface area contributed by atoms with Gasteiger partial charge in [0.2, 0.25) is 5.91 Å². The van der Waals surface area contributed by atoms with Crippen molar-refractivity contribution in [1.29, 1.82) is 5.26 Å². The second-order valence-electron chi connectivity index (χ2n) is 10.1. The number of aliphatic hydroxyl groups is 1. The highest BCUT2D eigenvalue weighted by Gasteiger charge is 2.52. The van der Waals surface area contributed by atoms with Crippen LogP contribution in [-0.2, 0) is 11.2 Å². The van der Waals surface area contributed by atoms with Crippen molar-refractivity contribution in [3.8, 4) is 6.07 Å². The van der Waals surface area contributed by atoms with E-state index in [1.165, 1.54) is 5.56 Å². The smallest absolute Gasteiger partial charge is 0.230 e. The van der Waals surface area contributed by atoms with Crippen LogP contribution in [0.15, 0.2) is 36.9 Å². The maximum Gasteiger partial charge on any atom is 0.230 e. The number of alkyl halides is 1. The number of nitrogens with one attached hydrogen (secondary N) is 2. The van der Waals surface area contributed by atoms with E-state index in [0.717, 1.165) is 57.1 Å². The van der Waals surface area contributed by atoms with E-state index < -0.39 is 18.4 Å². The molecule has 1 aliphatic heterocycles. The number of hydrogen-bond acceptors (Lipinski definition) is 5. The molecule has 1 aromatic rings. The third kappa shape index (κ3) is 5.13. The van der Waals surface area contributed by atoms with Gasteiger partial charge in [-0.3, -0.25) is 9.69 Å². The zero-order valence-electron chi connectivity index (χ0n) is 19.2. The fourth-order valence-electron chi connectivity index (χ4n) is 5.77. The number of likely N-dealkylation sites (tertiary alicyclic amines) is 1. The number of halogens is 1. The highest BCUT2D eigenvalue weighted by atomic mass is 19.1. The minimum Gasteiger partial charge on any atom is -0.377 e. The van der Waals surface area contributed by atoms with E-state index in [4.69, 9.17) is 0 Å². The number of allylic oxidation sites excluding steroid dienone is 1. The monoisotopic (exact) mass is 454 g/mol. The molecular weight excluding hydrogens is 419 g/mol. The molecular formula is C26H35FN4O2. The average molecular weight is 455 g/mol. The van der Waals surface area contributed by atoms with Gasteiger partial charge in [-0.25, -0.2) is 4.39 Å². The first-order valence-electron chi connectivity index (χ1n) is 12.1. The summed E-state index contributed by atoms with van der Waals surface area (Å²) in [5.41, 5.74) is 1.65. The molecule has 178 valence electrons. The zero-order valence-corrected chi connectivity index (χ0v) is 19.2. The summed E-state index contributed by atoms with van der Waals surface area (Å²) in [6, 6.07) is 9.58. The summed E-state index contributed by atoms with van der Waals surface area (Å²) in [5, 5.41) is 26.5. The van der Waals surface area contributed by atoms with Crippen LogP contribution in [0.2, 0.25) is 0 Å². The molecule has 1 amide bonds. The molecule has 1 aromatic carbocycles. The van der Waals surface area contributed by atoms with Crippen LogP contribution in [0.4, 0.5) is 10.1 Å². The molecule has 7 heteroatoms. The number of nitriles is 1. The average Bonchev–Trinajstić information content (AvgIpc) is 3.24. The molecule has 4 fully saturated rings. The normalized spacial score (nSPS) is 32.3. The van der Waals surface area contributed by atoms with Crippen molar-refractivity contribution >= 4 is 11.6 Å². The van der Waals surface area contributed by atoms with Gasteiger partial charge in [-0.15, -0.1) is 6.58 Å². The lowest BCUT2D eigenvalue weighted by Crippen LogP contribution is -2.60. The van der Waals surface area contributed by atoms with Gasteiger partial charge in [0.05, 0.1) is 6.07 Å². The summed E-state index contributed by atoms with van der Waals surface area (Å²) in [6.07, 6.45) is 7.10. The maximum atomic E-state index is 13.7. The number of hydrogen-bond donors (Lipinski definition) is 3. The number of carbonyl (C=O) groups is 1. The Bertz CT molecular complexity index is 872. The molecule has 33 heavy (non-hydrogen) atoms. The first-order chi connectivity index (χ1) is 15.9. The lowest BCUT2D eigenvalue weighted by atomic mass is 9.57. The SMILES string of the molecule is C=CCCc1ccc(NC(=O)C23CCC(NCC(O)N4CC(F)C[C@H]4C#N)(CC2)CC3)cc1. The fourth-order valence-corrected chi connectivity index (χ4v) is 5.77. The molecule has 0 radical (unpaired) electrons. The fraction of sp³-hybridized carbons (Fsp3) is 0.615. The highest BCUT2D eigenvalue weighted by molar-refractivity contribution is 5.95. The second-order valence-corrected chi connectivity index (χ2v) is 10.1. The molecule has 2 unspecified atom stereocenters. The van der Waals surface area contributed by atoms with Gasteiger partial charge < -0.3 is 15.7 Å². The van der Waals surface area contributed by atoms with E-state index in [1.54, 1.807) is 4.90 Å². The Labute approximate surface area is 195 Å². The number of nitrogens with zero attached hydrogens (tertiary/aromatic N) is 2. The van der Waals surface area contributed by atoms with Crippen LogP contribution in [0.3, 0.4) is 0 Å². The number of amides is 1. The largest absolute Gasteiger partial charge is 0.377 e. The summed E-state index contributed by atoms with van der Waals surface area (Å²) < 4.78 is 13.7. The quantitative estimate of drug-likeness (QED) is 0.496. The molecule has 0 aromatic heterocycles. The van der Waals surface area contributed by atoms with Crippen LogP contribution in [-0.4, -0.2) is 53.0 Å². The van der Waals surface area contributed by atoms with Gasteiger partial charge in [-0.1, -0.05) is 18.2 Å². The van der Waals surface area contributed by atoms with Gasteiger partial charge in [0, 0.05) is 36.2 Å². The van der Waals surface area contributed by atoms with E-state index in [9.17, 15) is 19.6 Å². The minimum absolute atomic E-state index is 0.0905. The van der Waals surface area contributed by atoms with E-state index in [2.05, 4.69) is 35.4 Å². The molecule has 3 saturated carbocycles. The Hall–Kier alpha value is -2.27. The first kappa shape index (κ1) is 23.9. The van der Waals surface area contributed by atoms with Gasteiger partial charge in [0.25, 0.3) is 0 Å². The summed E-state index contributed by atoms with van der Waals surface area (Å²) >= 11 is 0. The Morgan fingerprint density at radius 1 is 1.27 bits per heavy atom. The number of anilines is 1. The Morgan fingerprint density at radius 2 is 1.94 bits per heavy atom. The van der Waals surface area contributed by atoms with Crippen molar-refractivity contribution in [2.24, 2.45) is 5.41 Å². The van der Waals surface area contributed by atoms with E-state index in [1.807, 2.05) is 18.2 Å². The number of carbonyl (C=O) groups excluding carboxylic acids is 1. The van der Waals surface area contributed by atoms with Crippen molar-refractivity contribution in [2.75, 3.05) is 18.4 Å². The lowest BCUT2D eigenvalue weighted by molar-refractivity contribution is -0.133. The third-order valence-electron chi connectivity index (χ3n) is 8.06. The van der Waals surface area contributed by atoms with Crippen molar-refractivity contribution in [3.05, 3.63) is 42.5 Å². The summed E-state index contributed by atoms with van der Waals surface area (Å²) in [5.74, 6) is 0.109. The molecule has 3 N–H and O–H groups in total. The molecule has 3 atom stereocenters. The van der Waals surface area contributed by atoms with Crippen LogP contribution in [0.25, 0.3) is 0 Å². The van der Waals surface area contributed by atoms with E-state index in [0.29, 0.717) is 6.54 Å². The number of rotatable bonds is 9. The van der Waals surface area contributed by atoms with Gasteiger partial charge in [-0.05, 0) is 69.1 Å². The van der Waals surface area contributed by atoms with Crippen LogP contribution in [0.1, 0.15) is 56.9 Å². The lowest BCUT2D eigenvalue weighted by Gasteiger charge is -2.53. The van der Waals surface area contributed by atoms with Crippen LogP contribution < -0.4 is 10.6 Å². The van der Waals surface area contributed by atoms with Gasteiger partial charge in [-0.2, -0.15) is 5.26 Å². The van der Waals surface area contributed by atoms with Crippen LogP contribution in [0.5, 0.6) is 0 Å². The zero-order chi connectivity index (χ0) is 23.5. The van der Waals surface area contributed by atoms with Gasteiger partial charge in [0.15, 0.2) is 0 Å². The number of benzene rings is 1. The minimum atomic E-state index is -1.06. The van der Waals surface area contributed by atoms with Crippen LogP contribution in [0, 0.1) is 16.7 Å². The Balaban J connectivity index is 1.29. The number of aliphatic hydroxyl groups excluding tert-OH is 1. The molecule has 1 saturated heterocycles. The topological polar surface area (TPSA) is 88.4 Å². The van der Waals surface area contributed by atoms with Crippen molar-refractivity contribution < 1.29 is 14.3 Å². The molecule has 3 aliphatic carbocycles. The molecule has 6 nitrogen and oxygen atoms in total. The molecule has 4 aliphatic rings. The standard InChI is InChI=1S/C26H35FN4O2/c1-2-3-4-19-5-7-21(8-6-19)30-24(33)25-9-12-26(13-10-25,14-11-25)29-17-23(32)31-18-20(27)15-22(31)16-28/h2,5-8,20,22-23,29,32H,1,3-4,9-15,17-18H2,(H,30,33)/t20?,22-,23?,25?,26?/m0/s1. The van der Waals surface area contributed by atoms with Gasteiger partial charge in [0.1, 0.15) is 18.4 Å². The van der Waals surface area contributed by atoms with Crippen molar-refractivity contribution in [2.45, 2.75) is 81.8 Å². The first-order valence-corrected chi connectivity index (χ1v) is 12.1. The molecule has 5 rings (SSSR count). The third-order valence-corrected chi connectivity index (χ3v) is 8.06. The van der Waals surface area contributed by atoms with E-state index >= 15 is 0 Å². The maximum absolute atomic E-state index is 13.7. The predicted octanol–water partition coefficient (Wildman–Crippen LogP) is 3.68. The Morgan fingerprint density at radius 3 is 2.55 bits per heavy atom.